The fraction of sp³-hybridized carbons (Fsp3) is 0.188. The first-order valence-corrected chi connectivity index (χ1v) is 7.15. The van der Waals surface area contributed by atoms with E-state index < -0.39 is 0 Å². The molecule has 3 aromatic rings. The van der Waals surface area contributed by atoms with Gasteiger partial charge >= 0.3 is 0 Å². The lowest BCUT2D eigenvalue weighted by Gasteiger charge is -2.07. The van der Waals surface area contributed by atoms with Crippen molar-refractivity contribution in [2.75, 3.05) is 0 Å². The van der Waals surface area contributed by atoms with Gasteiger partial charge in [0.1, 0.15) is 0 Å². The minimum absolute atomic E-state index is 0.175. The smallest absolute Gasteiger partial charge is 0.235 e. The Kier molecular flexibility index (Phi) is 3.57. The number of aromatic nitrogens is 1. The van der Waals surface area contributed by atoms with Crippen LogP contribution in [-0.2, 0) is 11.3 Å². The molecule has 0 spiro atoms. The molecular formula is C16H16ClN3O. The summed E-state index contributed by atoms with van der Waals surface area (Å²) >= 11 is 6.13. The number of amides is 1. The summed E-state index contributed by atoms with van der Waals surface area (Å²) in [5.74, 6) is 4.98. The van der Waals surface area contributed by atoms with E-state index in [0.29, 0.717) is 18.0 Å². The number of nitrogens with one attached hydrogen (secondary N) is 1. The number of fused-ring (bicyclic) bond motifs is 3. The third-order valence-corrected chi connectivity index (χ3v) is 3.94. The number of hydrogen-bond donors (Lipinski definition) is 2. The van der Waals surface area contributed by atoms with Gasteiger partial charge < -0.3 is 4.57 Å². The van der Waals surface area contributed by atoms with Gasteiger partial charge in [-0.25, -0.2) is 5.84 Å². The van der Waals surface area contributed by atoms with Crippen LogP contribution in [0, 0.1) is 6.92 Å². The lowest BCUT2D eigenvalue weighted by Crippen LogP contribution is -2.30. The van der Waals surface area contributed by atoms with Crippen LogP contribution in [0.4, 0.5) is 0 Å². The second-order valence-corrected chi connectivity index (χ2v) is 5.59. The highest BCUT2D eigenvalue weighted by molar-refractivity contribution is 6.31. The van der Waals surface area contributed by atoms with Gasteiger partial charge in [-0.05, 0) is 37.3 Å². The lowest BCUT2D eigenvalue weighted by molar-refractivity contribution is -0.121. The molecular weight excluding hydrogens is 286 g/mol. The molecule has 2 aromatic carbocycles. The average Bonchev–Trinajstić information content (AvgIpc) is 2.77. The van der Waals surface area contributed by atoms with Crippen molar-refractivity contribution >= 4 is 39.3 Å². The van der Waals surface area contributed by atoms with E-state index in [1.807, 2.05) is 18.2 Å². The van der Waals surface area contributed by atoms with Crippen LogP contribution in [0.2, 0.25) is 5.02 Å². The van der Waals surface area contributed by atoms with Gasteiger partial charge in [-0.15, -0.1) is 0 Å². The fourth-order valence-corrected chi connectivity index (χ4v) is 2.89. The van der Waals surface area contributed by atoms with E-state index in [1.165, 1.54) is 5.56 Å². The predicted molar refractivity (Wildman–Crippen MR) is 86.1 cm³/mol. The second-order valence-electron chi connectivity index (χ2n) is 5.15. The van der Waals surface area contributed by atoms with Gasteiger partial charge in [0, 0.05) is 39.8 Å². The third kappa shape index (κ3) is 2.48. The minimum Gasteiger partial charge on any atom is -0.340 e. The van der Waals surface area contributed by atoms with Crippen molar-refractivity contribution in [3.8, 4) is 0 Å². The molecule has 1 heterocycles. The molecule has 1 amide bonds. The number of halogens is 1. The zero-order valence-corrected chi connectivity index (χ0v) is 12.4. The van der Waals surface area contributed by atoms with Gasteiger partial charge in [0.25, 0.3) is 0 Å². The minimum atomic E-state index is -0.175. The summed E-state index contributed by atoms with van der Waals surface area (Å²) in [6.45, 7) is 2.64. The van der Waals surface area contributed by atoms with Crippen molar-refractivity contribution in [2.45, 2.75) is 19.9 Å². The Balaban J connectivity index is 2.22. The Labute approximate surface area is 127 Å². The first kappa shape index (κ1) is 13.9. The second kappa shape index (κ2) is 5.39. The van der Waals surface area contributed by atoms with Crippen LogP contribution in [0.3, 0.4) is 0 Å². The zero-order valence-electron chi connectivity index (χ0n) is 11.7. The summed E-state index contributed by atoms with van der Waals surface area (Å²) in [6.07, 6.45) is 0.339. The van der Waals surface area contributed by atoms with Crippen molar-refractivity contribution in [1.82, 2.24) is 9.99 Å². The van der Waals surface area contributed by atoms with Crippen LogP contribution in [0.1, 0.15) is 12.0 Å². The lowest BCUT2D eigenvalue weighted by atomic mass is 10.1. The number of hydrazine groups is 1. The summed E-state index contributed by atoms with van der Waals surface area (Å²) in [4.78, 5) is 11.4. The highest BCUT2D eigenvalue weighted by atomic mass is 35.5. The van der Waals surface area contributed by atoms with Crippen LogP contribution in [0.5, 0.6) is 0 Å². The van der Waals surface area contributed by atoms with Gasteiger partial charge in [-0.2, -0.15) is 0 Å². The molecule has 1 aromatic heterocycles. The molecule has 0 fully saturated rings. The molecule has 108 valence electrons. The molecule has 0 aliphatic carbocycles. The number of nitrogens with zero attached hydrogens (tertiary/aromatic N) is 1. The number of aryl methyl sites for hydroxylation is 2. The van der Waals surface area contributed by atoms with Crippen LogP contribution in [0.15, 0.2) is 36.4 Å². The maximum absolute atomic E-state index is 11.4. The average molecular weight is 302 g/mol. The SMILES string of the molecule is Cc1ccc2c(c1)c1cc(Cl)ccc1n2CCC(=O)NN. The number of rotatable bonds is 3. The number of carbonyl (C=O) groups excluding carboxylic acids is 1. The summed E-state index contributed by atoms with van der Waals surface area (Å²) in [7, 11) is 0. The van der Waals surface area contributed by atoms with Crippen LogP contribution in [-0.4, -0.2) is 10.5 Å². The van der Waals surface area contributed by atoms with E-state index in [4.69, 9.17) is 17.4 Å². The quantitative estimate of drug-likeness (QED) is 0.443. The molecule has 0 aliphatic rings. The summed E-state index contributed by atoms with van der Waals surface area (Å²) in [5, 5.41) is 2.97. The van der Waals surface area contributed by atoms with E-state index in [1.54, 1.807) is 0 Å². The third-order valence-electron chi connectivity index (χ3n) is 3.71. The monoisotopic (exact) mass is 301 g/mol. The maximum atomic E-state index is 11.4. The molecule has 5 heteroatoms. The Hall–Kier alpha value is -2.04. The van der Waals surface area contributed by atoms with Gasteiger partial charge in [0.15, 0.2) is 0 Å². The molecule has 0 saturated carbocycles. The Morgan fingerprint density at radius 2 is 1.86 bits per heavy atom. The predicted octanol–water partition coefficient (Wildman–Crippen LogP) is 3.14. The Morgan fingerprint density at radius 3 is 2.57 bits per heavy atom. The van der Waals surface area contributed by atoms with E-state index in [2.05, 4.69) is 35.1 Å². The highest BCUT2D eigenvalue weighted by Gasteiger charge is 2.12. The highest BCUT2D eigenvalue weighted by Crippen LogP contribution is 2.31. The Bertz CT molecular complexity index is 779. The molecule has 3 N–H and O–H groups in total. The van der Waals surface area contributed by atoms with Crippen LogP contribution >= 0.6 is 11.6 Å². The number of carbonyl (C=O) groups is 1. The number of hydrogen-bond acceptors (Lipinski definition) is 2. The van der Waals surface area contributed by atoms with Crippen molar-refractivity contribution in [2.24, 2.45) is 5.84 Å². The molecule has 0 aliphatic heterocycles. The first-order valence-electron chi connectivity index (χ1n) is 6.77. The molecule has 3 rings (SSSR count). The molecule has 0 unspecified atom stereocenters. The number of nitrogens with two attached hydrogens (primary N) is 1. The molecule has 0 radical (unpaired) electrons. The van der Waals surface area contributed by atoms with Gasteiger partial charge in [-0.1, -0.05) is 23.2 Å². The zero-order chi connectivity index (χ0) is 15.0. The van der Waals surface area contributed by atoms with Crippen molar-refractivity contribution in [3.05, 3.63) is 47.0 Å². The van der Waals surface area contributed by atoms with E-state index in [0.717, 1.165) is 21.8 Å². The van der Waals surface area contributed by atoms with Gasteiger partial charge in [0.2, 0.25) is 5.91 Å². The first-order chi connectivity index (χ1) is 10.1. The summed E-state index contributed by atoms with van der Waals surface area (Å²) < 4.78 is 2.13. The van der Waals surface area contributed by atoms with Crippen LogP contribution < -0.4 is 11.3 Å². The summed E-state index contributed by atoms with van der Waals surface area (Å²) in [5.41, 5.74) is 5.54. The summed E-state index contributed by atoms with van der Waals surface area (Å²) in [6, 6.07) is 12.1. The van der Waals surface area contributed by atoms with Crippen molar-refractivity contribution in [1.29, 1.82) is 0 Å². The molecule has 0 bridgehead atoms. The molecule has 0 saturated heterocycles. The van der Waals surface area contributed by atoms with E-state index >= 15 is 0 Å². The van der Waals surface area contributed by atoms with E-state index in [9.17, 15) is 4.79 Å². The Morgan fingerprint density at radius 1 is 1.19 bits per heavy atom. The van der Waals surface area contributed by atoms with Gasteiger partial charge in [0.05, 0.1) is 0 Å². The van der Waals surface area contributed by atoms with E-state index in [-0.39, 0.29) is 5.91 Å². The normalized spacial score (nSPS) is 11.2. The maximum Gasteiger partial charge on any atom is 0.235 e. The van der Waals surface area contributed by atoms with Crippen molar-refractivity contribution < 1.29 is 4.79 Å². The number of benzene rings is 2. The van der Waals surface area contributed by atoms with Crippen LogP contribution in [0.25, 0.3) is 21.8 Å². The molecule has 0 atom stereocenters. The largest absolute Gasteiger partial charge is 0.340 e. The molecule has 21 heavy (non-hydrogen) atoms. The standard InChI is InChI=1S/C16H16ClN3O/c1-10-2-4-14-12(8-10)13-9-11(17)3-5-15(13)20(14)7-6-16(21)19-18/h2-5,8-9H,6-7,18H2,1H3,(H,19,21). The topological polar surface area (TPSA) is 60.0 Å². The molecule has 4 nitrogen and oxygen atoms in total. The fourth-order valence-electron chi connectivity index (χ4n) is 2.72. The van der Waals surface area contributed by atoms with Gasteiger partial charge in [-0.3, -0.25) is 10.2 Å². The van der Waals surface area contributed by atoms with Crippen molar-refractivity contribution in [3.63, 3.8) is 0 Å².